The van der Waals surface area contributed by atoms with Gasteiger partial charge in [0.1, 0.15) is 11.1 Å². The molecule has 0 bridgehead atoms. The molecule has 0 saturated carbocycles. The lowest BCUT2D eigenvalue weighted by molar-refractivity contribution is 0.670. The summed E-state index contributed by atoms with van der Waals surface area (Å²) >= 11 is 0. The fourth-order valence-electron chi connectivity index (χ4n) is 2.59. The van der Waals surface area contributed by atoms with E-state index >= 15 is 0 Å². The number of furan rings is 1. The van der Waals surface area contributed by atoms with Crippen LogP contribution in [0.2, 0.25) is 0 Å². The van der Waals surface area contributed by atoms with E-state index in [1.807, 2.05) is 49.5 Å². The Morgan fingerprint density at radius 2 is 1.68 bits per heavy atom. The molecule has 3 nitrogen and oxygen atoms in total. The summed E-state index contributed by atoms with van der Waals surface area (Å²) in [6.07, 6.45) is 0. The Labute approximate surface area is 109 Å². The third-order valence-electron chi connectivity index (χ3n) is 3.45. The summed E-state index contributed by atoms with van der Waals surface area (Å²) in [5.41, 5.74) is 4.58. The zero-order chi connectivity index (χ0) is 12.8. The van der Waals surface area contributed by atoms with Crippen molar-refractivity contribution in [3.63, 3.8) is 0 Å². The molecule has 2 aromatic carbocycles. The number of anilines is 1. The van der Waals surface area contributed by atoms with Gasteiger partial charge in [0, 0.05) is 17.8 Å². The topological polar surface area (TPSA) is 38.1 Å². The predicted octanol–water partition coefficient (Wildman–Crippen LogP) is 4.18. The lowest BCUT2D eigenvalue weighted by atomic mass is 10.1. The smallest absolute Gasteiger partial charge is 0.177 e. The minimum atomic E-state index is 0.822. The van der Waals surface area contributed by atoms with Crippen LogP contribution < -0.4 is 5.32 Å². The molecule has 0 aliphatic carbocycles. The van der Waals surface area contributed by atoms with E-state index in [4.69, 9.17) is 9.40 Å². The van der Waals surface area contributed by atoms with Crippen LogP contribution in [0.3, 0.4) is 0 Å². The number of nitrogens with zero attached hydrogens (tertiary/aromatic N) is 1. The van der Waals surface area contributed by atoms with Crippen LogP contribution in [0.5, 0.6) is 0 Å². The van der Waals surface area contributed by atoms with Crippen LogP contribution in [0, 0.1) is 0 Å². The summed E-state index contributed by atoms with van der Waals surface area (Å²) in [5, 5.41) is 5.38. The second-order valence-electron chi connectivity index (χ2n) is 4.53. The molecule has 0 aliphatic heterocycles. The highest BCUT2D eigenvalue weighted by atomic mass is 16.3. The van der Waals surface area contributed by atoms with E-state index in [9.17, 15) is 0 Å². The van der Waals surface area contributed by atoms with Crippen molar-refractivity contribution in [1.82, 2.24) is 4.98 Å². The van der Waals surface area contributed by atoms with E-state index in [1.165, 1.54) is 0 Å². The summed E-state index contributed by atoms with van der Waals surface area (Å²) in [7, 11) is 1.91. The average molecular weight is 248 g/mol. The molecule has 0 unspecified atom stereocenters. The van der Waals surface area contributed by atoms with Crippen molar-refractivity contribution in [2.45, 2.75) is 0 Å². The predicted molar refractivity (Wildman–Crippen MR) is 78.6 cm³/mol. The largest absolute Gasteiger partial charge is 0.452 e. The first-order valence-electron chi connectivity index (χ1n) is 6.26. The first kappa shape index (κ1) is 10.4. The van der Waals surface area contributed by atoms with Crippen molar-refractivity contribution in [2.24, 2.45) is 0 Å². The summed E-state index contributed by atoms with van der Waals surface area (Å²) < 4.78 is 5.96. The van der Waals surface area contributed by atoms with E-state index in [2.05, 4.69) is 11.4 Å². The van der Waals surface area contributed by atoms with E-state index in [0.717, 1.165) is 38.7 Å². The lowest BCUT2D eigenvalue weighted by Gasteiger charge is -2.05. The van der Waals surface area contributed by atoms with E-state index < -0.39 is 0 Å². The maximum atomic E-state index is 5.96. The average Bonchev–Trinajstić information content (AvgIpc) is 2.83. The third-order valence-corrected chi connectivity index (χ3v) is 3.45. The van der Waals surface area contributed by atoms with E-state index in [0.29, 0.717) is 0 Å². The molecule has 92 valence electrons. The van der Waals surface area contributed by atoms with Gasteiger partial charge in [-0.15, -0.1) is 0 Å². The molecule has 4 aromatic rings. The van der Waals surface area contributed by atoms with Gasteiger partial charge in [0.15, 0.2) is 5.58 Å². The van der Waals surface area contributed by atoms with Gasteiger partial charge in [0.2, 0.25) is 0 Å². The molecule has 0 spiro atoms. The summed E-state index contributed by atoms with van der Waals surface area (Å²) in [4.78, 5) is 4.74. The highest BCUT2D eigenvalue weighted by Gasteiger charge is 2.14. The van der Waals surface area contributed by atoms with Gasteiger partial charge in [-0.2, -0.15) is 0 Å². The second-order valence-corrected chi connectivity index (χ2v) is 4.53. The molecule has 0 atom stereocenters. The molecule has 2 heterocycles. The van der Waals surface area contributed by atoms with Gasteiger partial charge < -0.3 is 9.73 Å². The number of benzene rings is 2. The van der Waals surface area contributed by atoms with Gasteiger partial charge in [-0.3, -0.25) is 0 Å². The monoisotopic (exact) mass is 248 g/mol. The fraction of sp³-hybridized carbons (Fsp3) is 0.0625. The van der Waals surface area contributed by atoms with Gasteiger partial charge in [-0.05, 0) is 18.2 Å². The van der Waals surface area contributed by atoms with Crippen LogP contribution in [-0.4, -0.2) is 12.0 Å². The first-order chi connectivity index (χ1) is 9.38. The lowest BCUT2D eigenvalue weighted by Crippen LogP contribution is -1.92. The number of para-hydroxylation sites is 2. The summed E-state index contributed by atoms with van der Waals surface area (Å²) in [5.74, 6) is 0. The zero-order valence-corrected chi connectivity index (χ0v) is 10.5. The Morgan fingerprint density at radius 1 is 0.947 bits per heavy atom. The minimum absolute atomic E-state index is 0.822. The number of hydrogen-bond donors (Lipinski definition) is 1. The Balaban J connectivity index is 2.31. The van der Waals surface area contributed by atoms with Crippen molar-refractivity contribution in [3.05, 3.63) is 48.5 Å². The van der Waals surface area contributed by atoms with Gasteiger partial charge in [0.05, 0.1) is 11.2 Å². The third kappa shape index (κ3) is 1.35. The molecule has 2 aromatic heterocycles. The molecule has 0 aliphatic rings. The van der Waals surface area contributed by atoms with Crippen molar-refractivity contribution < 1.29 is 4.42 Å². The van der Waals surface area contributed by atoms with E-state index in [1.54, 1.807) is 0 Å². The minimum Gasteiger partial charge on any atom is -0.452 e. The fourth-order valence-corrected chi connectivity index (χ4v) is 2.59. The zero-order valence-electron chi connectivity index (χ0n) is 10.5. The molecular weight excluding hydrogens is 236 g/mol. The Morgan fingerprint density at radius 3 is 2.53 bits per heavy atom. The number of fused-ring (bicyclic) bond motifs is 4. The van der Waals surface area contributed by atoms with Crippen LogP contribution >= 0.6 is 0 Å². The molecule has 0 amide bonds. The molecule has 0 radical (unpaired) electrons. The highest BCUT2D eigenvalue weighted by Crippen LogP contribution is 2.36. The standard InChI is InChI=1S/C16H12N2O/c1-17-14-10-6-2-4-8-12(10)18-15-11-7-3-5-9-13(11)19-16(14)15/h2-9H,1H3,(H,17,18). The molecule has 19 heavy (non-hydrogen) atoms. The highest BCUT2D eigenvalue weighted by molar-refractivity contribution is 6.13. The number of aromatic nitrogens is 1. The quantitative estimate of drug-likeness (QED) is 0.549. The molecule has 0 fully saturated rings. The van der Waals surface area contributed by atoms with Crippen molar-refractivity contribution in [2.75, 3.05) is 12.4 Å². The summed E-state index contributed by atoms with van der Waals surface area (Å²) in [6.45, 7) is 0. The van der Waals surface area contributed by atoms with Crippen molar-refractivity contribution in [3.8, 4) is 0 Å². The Kier molecular flexibility index (Phi) is 2.03. The Hall–Kier alpha value is -2.55. The number of pyridine rings is 1. The number of nitrogens with one attached hydrogen (secondary N) is 1. The van der Waals surface area contributed by atoms with Gasteiger partial charge in [0.25, 0.3) is 0 Å². The van der Waals surface area contributed by atoms with Gasteiger partial charge in [-0.1, -0.05) is 30.3 Å². The first-order valence-corrected chi connectivity index (χ1v) is 6.26. The van der Waals surface area contributed by atoms with Gasteiger partial charge >= 0.3 is 0 Å². The maximum absolute atomic E-state index is 5.96. The Bertz CT molecular complexity index is 908. The van der Waals surface area contributed by atoms with Crippen molar-refractivity contribution in [1.29, 1.82) is 0 Å². The SMILES string of the molecule is CNc1c2ccccc2nc2c1oc1ccccc12. The van der Waals surface area contributed by atoms with Crippen LogP contribution in [0.1, 0.15) is 0 Å². The number of rotatable bonds is 1. The van der Waals surface area contributed by atoms with Crippen LogP contribution in [0.4, 0.5) is 5.69 Å². The molecular formula is C16H12N2O. The van der Waals surface area contributed by atoms with Gasteiger partial charge in [-0.25, -0.2) is 4.98 Å². The maximum Gasteiger partial charge on any atom is 0.177 e. The van der Waals surface area contributed by atoms with E-state index in [-0.39, 0.29) is 0 Å². The van der Waals surface area contributed by atoms with Crippen molar-refractivity contribution >= 4 is 38.7 Å². The molecule has 3 heteroatoms. The molecule has 0 saturated heterocycles. The normalized spacial score (nSPS) is 11.4. The van der Waals surface area contributed by atoms with Crippen LogP contribution in [0.25, 0.3) is 33.0 Å². The second kappa shape index (κ2) is 3.72. The summed E-state index contributed by atoms with van der Waals surface area (Å²) in [6, 6.07) is 16.1. The van der Waals surface area contributed by atoms with Crippen LogP contribution in [-0.2, 0) is 0 Å². The van der Waals surface area contributed by atoms with Crippen LogP contribution in [0.15, 0.2) is 52.9 Å². The molecule has 1 N–H and O–H groups in total. The molecule has 4 rings (SSSR count). The number of hydrogen-bond acceptors (Lipinski definition) is 3.